The third kappa shape index (κ3) is 2.24. The van der Waals surface area contributed by atoms with Crippen molar-refractivity contribution in [3.8, 4) is 0 Å². The SMILES string of the molecule is NS(=O)(=O)c1cn(C2CCCC2)nc1Br. The van der Waals surface area contributed by atoms with Crippen LogP contribution in [0.25, 0.3) is 0 Å². The summed E-state index contributed by atoms with van der Waals surface area (Å²) >= 11 is 3.11. The Morgan fingerprint density at radius 3 is 2.53 bits per heavy atom. The number of rotatable bonds is 2. The van der Waals surface area contributed by atoms with Crippen LogP contribution in [0.2, 0.25) is 0 Å². The first-order chi connectivity index (χ1) is 6.98. The summed E-state index contributed by atoms with van der Waals surface area (Å²) in [5, 5.41) is 9.19. The predicted molar refractivity (Wildman–Crippen MR) is 58.8 cm³/mol. The van der Waals surface area contributed by atoms with Crippen molar-refractivity contribution in [2.24, 2.45) is 5.14 Å². The van der Waals surface area contributed by atoms with Gasteiger partial charge >= 0.3 is 0 Å². The van der Waals surface area contributed by atoms with E-state index in [0.717, 1.165) is 12.8 Å². The van der Waals surface area contributed by atoms with Crippen LogP contribution in [0.1, 0.15) is 31.7 Å². The third-order valence-corrected chi connectivity index (χ3v) is 4.42. The number of sulfonamides is 1. The molecule has 1 aliphatic rings. The summed E-state index contributed by atoms with van der Waals surface area (Å²) in [6.45, 7) is 0. The molecule has 84 valence electrons. The summed E-state index contributed by atoms with van der Waals surface area (Å²) < 4.78 is 24.4. The van der Waals surface area contributed by atoms with Crippen molar-refractivity contribution in [2.45, 2.75) is 36.6 Å². The molecule has 0 unspecified atom stereocenters. The summed E-state index contributed by atoms with van der Waals surface area (Å²) in [6.07, 6.45) is 5.96. The summed E-state index contributed by atoms with van der Waals surface area (Å²) in [5.74, 6) is 0. The molecule has 0 amide bonds. The second-order valence-electron chi connectivity index (χ2n) is 3.75. The van der Waals surface area contributed by atoms with Crippen LogP contribution in [0.15, 0.2) is 15.7 Å². The van der Waals surface area contributed by atoms with Gasteiger partial charge in [0.05, 0.1) is 6.04 Å². The van der Waals surface area contributed by atoms with Gasteiger partial charge in [-0.05, 0) is 28.8 Å². The van der Waals surface area contributed by atoms with E-state index in [-0.39, 0.29) is 4.90 Å². The molecule has 0 atom stereocenters. The van der Waals surface area contributed by atoms with Crippen LogP contribution < -0.4 is 5.14 Å². The van der Waals surface area contributed by atoms with E-state index in [2.05, 4.69) is 21.0 Å². The van der Waals surface area contributed by atoms with E-state index in [9.17, 15) is 8.42 Å². The highest BCUT2D eigenvalue weighted by molar-refractivity contribution is 9.10. The van der Waals surface area contributed by atoms with E-state index < -0.39 is 10.0 Å². The van der Waals surface area contributed by atoms with Gasteiger partial charge in [0.2, 0.25) is 10.0 Å². The molecular weight excluding hydrogens is 282 g/mol. The molecule has 0 radical (unpaired) electrons. The molecule has 0 aliphatic heterocycles. The highest BCUT2D eigenvalue weighted by atomic mass is 79.9. The molecule has 1 saturated carbocycles. The topological polar surface area (TPSA) is 78.0 Å². The van der Waals surface area contributed by atoms with Crippen LogP contribution in [0.3, 0.4) is 0 Å². The summed E-state index contributed by atoms with van der Waals surface area (Å²) in [5.41, 5.74) is 0. The zero-order chi connectivity index (χ0) is 11.1. The molecule has 1 heterocycles. The Hall–Kier alpha value is -0.400. The van der Waals surface area contributed by atoms with Crippen molar-refractivity contribution in [2.75, 3.05) is 0 Å². The first-order valence-electron chi connectivity index (χ1n) is 4.76. The molecule has 0 aromatic carbocycles. The minimum atomic E-state index is -3.67. The van der Waals surface area contributed by atoms with Gasteiger partial charge in [0, 0.05) is 6.20 Å². The van der Waals surface area contributed by atoms with Gasteiger partial charge in [-0.25, -0.2) is 13.6 Å². The summed E-state index contributed by atoms with van der Waals surface area (Å²) in [6, 6.07) is 0.316. The number of nitrogens with zero attached hydrogens (tertiary/aromatic N) is 2. The average molecular weight is 294 g/mol. The van der Waals surface area contributed by atoms with E-state index in [0.29, 0.717) is 10.6 Å². The van der Waals surface area contributed by atoms with Crippen LogP contribution in [-0.4, -0.2) is 18.2 Å². The fourth-order valence-electron chi connectivity index (χ4n) is 1.90. The first kappa shape index (κ1) is 11.1. The predicted octanol–water partition coefficient (Wildman–Crippen LogP) is 1.41. The van der Waals surface area contributed by atoms with Crippen molar-refractivity contribution in [3.05, 3.63) is 10.8 Å². The highest BCUT2D eigenvalue weighted by Gasteiger charge is 2.22. The molecule has 0 bridgehead atoms. The number of primary sulfonamides is 1. The molecule has 0 spiro atoms. The molecular formula is C8H12BrN3O2S. The van der Waals surface area contributed by atoms with Gasteiger partial charge in [0.25, 0.3) is 0 Å². The third-order valence-electron chi connectivity index (χ3n) is 2.66. The van der Waals surface area contributed by atoms with E-state index in [1.807, 2.05) is 0 Å². The first-order valence-corrected chi connectivity index (χ1v) is 7.10. The zero-order valence-electron chi connectivity index (χ0n) is 8.06. The molecule has 1 fully saturated rings. The molecule has 0 saturated heterocycles. The van der Waals surface area contributed by atoms with Gasteiger partial charge in [-0.2, -0.15) is 5.10 Å². The Kier molecular flexibility index (Phi) is 2.87. The Balaban J connectivity index is 2.36. The van der Waals surface area contributed by atoms with Crippen molar-refractivity contribution < 1.29 is 8.42 Å². The number of halogens is 1. The van der Waals surface area contributed by atoms with Crippen LogP contribution >= 0.6 is 15.9 Å². The lowest BCUT2D eigenvalue weighted by molar-refractivity contribution is 0.464. The van der Waals surface area contributed by atoms with Crippen molar-refractivity contribution in [1.82, 2.24) is 9.78 Å². The molecule has 7 heteroatoms. The lowest BCUT2D eigenvalue weighted by Gasteiger charge is -2.08. The van der Waals surface area contributed by atoms with Gasteiger partial charge in [0.1, 0.15) is 9.50 Å². The summed E-state index contributed by atoms with van der Waals surface area (Å²) in [7, 11) is -3.67. The maximum atomic E-state index is 11.2. The molecule has 1 aliphatic carbocycles. The molecule has 2 rings (SSSR count). The van der Waals surface area contributed by atoms with Gasteiger partial charge in [-0.1, -0.05) is 12.8 Å². The number of nitrogens with two attached hydrogens (primary N) is 1. The second-order valence-corrected chi connectivity index (χ2v) is 6.03. The quantitative estimate of drug-likeness (QED) is 0.895. The van der Waals surface area contributed by atoms with Crippen molar-refractivity contribution in [3.63, 3.8) is 0 Å². The van der Waals surface area contributed by atoms with Crippen molar-refractivity contribution in [1.29, 1.82) is 0 Å². The smallest absolute Gasteiger partial charge is 0.242 e. The number of hydrogen-bond donors (Lipinski definition) is 1. The number of hydrogen-bond acceptors (Lipinski definition) is 3. The second kappa shape index (κ2) is 3.88. The minimum Gasteiger partial charge on any atom is -0.267 e. The van der Waals surface area contributed by atoms with E-state index in [1.54, 1.807) is 4.68 Å². The normalized spacial score (nSPS) is 18.5. The van der Waals surface area contributed by atoms with Crippen molar-refractivity contribution >= 4 is 26.0 Å². The fraction of sp³-hybridized carbons (Fsp3) is 0.625. The minimum absolute atomic E-state index is 0.0643. The van der Waals surface area contributed by atoms with Crippen LogP contribution in [0.4, 0.5) is 0 Å². The van der Waals surface area contributed by atoms with Crippen LogP contribution in [0, 0.1) is 0 Å². The lowest BCUT2D eigenvalue weighted by atomic mass is 10.3. The maximum Gasteiger partial charge on any atom is 0.242 e. The largest absolute Gasteiger partial charge is 0.267 e. The molecule has 2 N–H and O–H groups in total. The zero-order valence-corrected chi connectivity index (χ0v) is 10.5. The lowest BCUT2D eigenvalue weighted by Crippen LogP contribution is -2.12. The Labute approximate surface area is 96.8 Å². The molecule has 5 nitrogen and oxygen atoms in total. The molecule has 1 aromatic heterocycles. The average Bonchev–Trinajstić information content (AvgIpc) is 2.68. The van der Waals surface area contributed by atoms with Crippen LogP contribution in [0.5, 0.6) is 0 Å². The van der Waals surface area contributed by atoms with E-state index in [4.69, 9.17) is 5.14 Å². The van der Waals surface area contributed by atoms with E-state index >= 15 is 0 Å². The van der Waals surface area contributed by atoms with E-state index in [1.165, 1.54) is 19.0 Å². The summed E-state index contributed by atoms with van der Waals surface area (Å²) in [4.78, 5) is 0.0643. The van der Waals surface area contributed by atoms with Gasteiger partial charge < -0.3 is 0 Å². The Bertz CT molecular complexity index is 462. The highest BCUT2D eigenvalue weighted by Crippen LogP contribution is 2.31. The van der Waals surface area contributed by atoms with Gasteiger partial charge in [-0.15, -0.1) is 0 Å². The monoisotopic (exact) mass is 293 g/mol. The standard InChI is InChI=1S/C8H12BrN3O2S/c9-8-7(15(10,13)14)5-12(11-8)6-3-1-2-4-6/h5-6H,1-4H2,(H2,10,13,14). The fourth-order valence-corrected chi connectivity index (χ4v) is 3.39. The Morgan fingerprint density at radius 2 is 2.07 bits per heavy atom. The number of aromatic nitrogens is 2. The molecule has 15 heavy (non-hydrogen) atoms. The van der Waals surface area contributed by atoms with Crippen LogP contribution in [-0.2, 0) is 10.0 Å². The molecule has 1 aromatic rings. The van der Waals surface area contributed by atoms with Gasteiger partial charge in [0.15, 0.2) is 0 Å². The maximum absolute atomic E-state index is 11.2. The van der Waals surface area contributed by atoms with Gasteiger partial charge in [-0.3, -0.25) is 4.68 Å². The Morgan fingerprint density at radius 1 is 1.47 bits per heavy atom.